The zero-order valence-electron chi connectivity index (χ0n) is 8.92. The minimum absolute atomic E-state index is 0.0752. The maximum Gasteiger partial charge on any atom is 0.371 e. The van der Waals surface area contributed by atoms with E-state index in [1.807, 2.05) is 30.3 Å². The average Bonchev–Trinajstić information content (AvgIpc) is 2.79. The Bertz CT molecular complexity index is 540. The van der Waals surface area contributed by atoms with Crippen LogP contribution in [0.25, 0.3) is 0 Å². The van der Waals surface area contributed by atoms with Gasteiger partial charge >= 0.3 is 5.97 Å². The summed E-state index contributed by atoms with van der Waals surface area (Å²) in [6.07, 6.45) is 0.202. The lowest BCUT2D eigenvalue weighted by molar-refractivity contribution is 0.0660. The third-order valence-electron chi connectivity index (χ3n) is 2.30. The standard InChI is InChI=1S/C13H10O4/c14-10(8-9-4-2-1-3-5-9)11-6-7-12(17-11)13(15)16/h1-7H,8H2,(H,15,16). The minimum atomic E-state index is -1.18. The number of carbonyl (C=O) groups excluding carboxylic acids is 1. The highest BCUT2D eigenvalue weighted by molar-refractivity contribution is 5.96. The number of hydrogen-bond acceptors (Lipinski definition) is 3. The van der Waals surface area contributed by atoms with Gasteiger partial charge in [0.1, 0.15) is 0 Å². The van der Waals surface area contributed by atoms with Gasteiger partial charge < -0.3 is 9.52 Å². The molecular weight excluding hydrogens is 220 g/mol. The molecule has 4 nitrogen and oxygen atoms in total. The molecule has 0 unspecified atom stereocenters. The zero-order chi connectivity index (χ0) is 12.3. The zero-order valence-corrected chi connectivity index (χ0v) is 8.92. The van der Waals surface area contributed by atoms with Gasteiger partial charge in [-0.15, -0.1) is 0 Å². The number of furan rings is 1. The fourth-order valence-electron chi connectivity index (χ4n) is 1.47. The number of carboxylic acids is 1. The Morgan fingerprint density at radius 2 is 1.65 bits per heavy atom. The lowest BCUT2D eigenvalue weighted by atomic mass is 10.1. The lowest BCUT2D eigenvalue weighted by Crippen LogP contribution is -2.02. The predicted octanol–water partition coefficient (Wildman–Crippen LogP) is 2.40. The molecule has 1 N–H and O–H groups in total. The van der Waals surface area contributed by atoms with Crippen molar-refractivity contribution in [3.05, 3.63) is 59.5 Å². The van der Waals surface area contributed by atoms with E-state index in [0.717, 1.165) is 5.56 Å². The Labute approximate surface area is 97.5 Å². The molecule has 1 aromatic carbocycles. The molecule has 2 rings (SSSR count). The van der Waals surface area contributed by atoms with Crippen molar-refractivity contribution in [2.45, 2.75) is 6.42 Å². The summed E-state index contributed by atoms with van der Waals surface area (Å²) in [5, 5.41) is 8.66. The molecule has 0 aliphatic heterocycles. The van der Waals surface area contributed by atoms with Gasteiger partial charge in [-0.1, -0.05) is 30.3 Å². The maximum absolute atomic E-state index is 11.8. The van der Waals surface area contributed by atoms with Gasteiger partial charge in [0.2, 0.25) is 11.5 Å². The van der Waals surface area contributed by atoms with Crippen LogP contribution in [-0.2, 0) is 6.42 Å². The molecule has 2 aromatic rings. The van der Waals surface area contributed by atoms with E-state index in [0.29, 0.717) is 0 Å². The molecule has 17 heavy (non-hydrogen) atoms. The third-order valence-corrected chi connectivity index (χ3v) is 2.30. The first-order chi connectivity index (χ1) is 8.16. The summed E-state index contributed by atoms with van der Waals surface area (Å²) in [5.74, 6) is -1.56. The summed E-state index contributed by atoms with van der Waals surface area (Å²) in [6.45, 7) is 0. The molecule has 0 atom stereocenters. The molecule has 1 aromatic heterocycles. The van der Waals surface area contributed by atoms with Crippen LogP contribution in [0.15, 0.2) is 46.9 Å². The highest BCUT2D eigenvalue weighted by Crippen LogP contribution is 2.11. The van der Waals surface area contributed by atoms with E-state index >= 15 is 0 Å². The largest absolute Gasteiger partial charge is 0.475 e. The van der Waals surface area contributed by atoms with Crippen LogP contribution in [0.3, 0.4) is 0 Å². The number of benzene rings is 1. The number of Topliss-reactive ketones (excluding diaryl/α,β-unsaturated/α-hetero) is 1. The number of carboxylic acid groups (broad SMARTS) is 1. The van der Waals surface area contributed by atoms with Crippen LogP contribution < -0.4 is 0 Å². The summed E-state index contributed by atoms with van der Waals surface area (Å²) in [6, 6.07) is 11.9. The van der Waals surface area contributed by atoms with Crippen molar-refractivity contribution in [3.8, 4) is 0 Å². The van der Waals surface area contributed by atoms with E-state index in [4.69, 9.17) is 9.52 Å². The van der Waals surface area contributed by atoms with Gasteiger partial charge in [-0.25, -0.2) is 4.79 Å². The Kier molecular flexibility index (Phi) is 3.05. The normalized spacial score (nSPS) is 10.1. The van der Waals surface area contributed by atoms with Crippen molar-refractivity contribution < 1.29 is 19.1 Å². The van der Waals surface area contributed by atoms with Crippen molar-refractivity contribution in [2.75, 3.05) is 0 Å². The van der Waals surface area contributed by atoms with E-state index < -0.39 is 5.97 Å². The summed E-state index contributed by atoms with van der Waals surface area (Å²) in [4.78, 5) is 22.4. The number of rotatable bonds is 4. The minimum Gasteiger partial charge on any atom is -0.475 e. The van der Waals surface area contributed by atoms with Crippen molar-refractivity contribution in [1.82, 2.24) is 0 Å². The summed E-state index contributed by atoms with van der Waals surface area (Å²) in [7, 11) is 0. The molecule has 0 aliphatic carbocycles. The molecule has 0 fully saturated rings. The highest BCUT2D eigenvalue weighted by Gasteiger charge is 2.14. The Morgan fingerprint density at radius 1 is 1.00 bits per heavy atom. The molecule has 1 heterocycles. The fourth-order valence-corrected chi connectivity index (χ4v) is 1.47. The molecule has 0 saturated heterocycles. The number of aromatic carboxylic acids is 1. The topological polar surface area (TPSA) is 67.5 Å². The first kappa shape index (κ1) is 11.1. The number of carbonyl (C=O) groups is 2. The molecule has 0 spiro atoms. The second-order valence-electron chi connectivity index (χ2n) is 3.55. The second kappa shape index (κ2) is 4.65. The maximum atomic E-state index is 11.8. The smallest absolute Gasteiger partial charge is 0.371 e. The van der Waals surface area contributed by atoms with E-state index in [9.17, 15) is 9.59 Å². The van der Waals surface area contributed by atoms with Gasteiger partial charge in [0.15, 0.2) is 5.76 Å². The van der Waals surface area contributed by atoms with Crippen LogP contribution in [-0.4, -0.2) is 16.9 Å². The van der Waals surface area contributed by atoms with Gasteiger partial charge in [0.25, 0.3) is 0 Å². The molecule has 86 valence electrons. The summed E-state index contributed by atoms with van der Waals surface area (Å²) < 4.78 is 4.93. The lowest BCUT2D eigenvalue weighted by Gasteiger charge is -1.97. The van der Waals surface area contributed by atoms with Gasteiger partial charge in [0, 0.05) is 6.42 Å². The molecule has 0 amide bonds. The Hall–Kier alpha value is -2.36. The molecule has 0 radical (unpaired) electrons. The van der Waals surface area contributed by atoms with Gasteiger partial charge in [-0.2, -0.15) is 0 Å². The van der Waals surface area contributed by atoms with Crippen LogP contribution in [0.4, 0.5) is 0 Å². The SMILES string of the molecule is O=C(O)c1ccc(C(=O)Cc2ccccc2)o1. The van der Waals surface area contributed by atoms with Gasteiger partial charge in [0.05, 0.1) is 0 Å². The molecular formula is C13H10O4. The average molecular weight is 230 g/mol. The van der Waals surface area contributed by atoms with Gasteiger partial charge in [-0.3, -0.25) is 4.79 Å². The van der Waals surface area contributed by atoms with Crippen molar-refractivity contribution in [1.29, 1.82) is 0 Å². The summed E-state index contributed by atoms with van der Waals surface area (Å²) >= 11 is 0. The Balaban J connectivity index is 2.12. The van der Waals surface area contributed by atoms with E-state index in [2.05, 4.69) is 0 Å². The monoisotopic (exact) mass is 230 g/mol. The fraction of sp³-hybridized carbons (Fsp3) is 0.0769. The van der Waals surface area contributed by atoms with E-state index in [-0.39, 0.29) is 23.7 Å². The van der Waals surface area contributed by atoms with E-state index in [1.165, 1.54) is 12.1 Å². The van der Waals surface area contributed by atoms with Crippen molar-refractivity contribution in [2.24, 2.45) is 0 Å². The van der Waals surface area contributed by atoms with Crippen molar-refractivity contribution >= 4 is 11.8 Å². The van der Waals surface area contributed by atoms with Gasteiger partial charge in [-0.05, 0) is 17.7 Å². The Morgan fingerprint density at radius 3 is 2.24 bits per heavy atom. The quantitative estimate of drug-likeness (QED) is 0.819. The third kappa shape index (κ3) is 2.60. The molecule has 4 heteroatoms. The second-order valence-corrected chi connectivity index (χ2v) is 3.55. The van der Waals surface area contributed by atoms with Crippen LogP contribution in [0.1, 0.15) is 26.7 Å². The molecule has 0 saturated carbocycles. The van der Waals surface area contributed by atoms with Crippen LogP contribution in [0.2, 0.25) is 0 Å². The molecule has 0 bridgehead atoms. The van der Waals surface area contributed by atoms with Crippen molar-refractivity contribution in [3.63, 3.8) is 0 Å². The first-order valence-corrected chi connectivity index (χ1v) is 5.07. The summed E-state index contributed by atoms with van der Waals surface area (Å²) in [5.41, 5.74) is 0.866. The first-order valence-electron chi connectivity index (χ1n) is 5.07. The van der Waals surface area contributed by atoms with Crippen LogP contribution in [0.5, 0.6) is 0 Å². The predicted molar refractivity (Wildman–Crippen MR) is 60.1 cm³/mol. The molecule has 0 aliphatic rings. The van der Waals surface area contributed by atoms with E-state index in [1.54, 1.807) is 0 Å². The number of ketones is 1. The highest BCUT2D eigenvalue weighted by atomic mass is 16.4. The van der Waals surface area contributed by atoms with Crippen LogP contribution in [0, 0.1) is 0 Å². The van der Waals surface area contributed by atoms with Crippen LogP contribution >= 0.6 is 0 Å². The number of hydrogen-bond donors (Lipinski definition) is 1.